The van der Waals surface area contributed by atoms with Crippen molar-refractivity contribution >= 4 is 45.5 Å². The number of aliphatic imine (C=N–C) groups is 1. The van der Waals surface area contributed by atoms with Crippen molar-refractivity contribution in [1.29, 1.82) is 0 Å². The second-order valence-corrected chi connectivity index (χ2v) is 11.3. The summed E-state index contributed by atoms with van der Waals surface area (Å²) in [5.74, 6) is 0.752. The Morgan fingerprint density at radius 3 is 2.35 bits per heavy atom. The zero-order valence-corrected chi connectivity index (χ0v) is 21.8. The predicted molar refractivity (Wildman–Crippen MR) is 136 cm³/mol. The monoisotopic (exact) mass is 567 g/mol. The molecular formula is C21H35FIN5O2S. The van der Waals surface area contributed by atoms with E-state index in [-0.39, 0.29) is 35.5 Å². The maximum Gasteiger partial charge on any atom is 0.194 e. The van der Waals surface area contributed by atoms with Gasteiger partial charge in [-0.05, 0) is 45.0 Å². The van der Waals surface area contributed by atoms with Gasteiger partial charge >= 0.3 is 0 Å². The first-order valence-corrected chi connectivity index (χ1v) is 12.4. The fourth-order valence-corrected chi connectivity index (χ4v) is 5.30. The molecular weight excluding hydrogens is 532 g/mol. The molecule has 0 bridgehead atoms. The molecule has 0 aliphatic carbocycles. The molecule has 0 spiro atoms. The number of anilines is 1. The zero-order chi connectivity index (χ0) is 21.8. The van der Waals surface area contributed by atoms with Gasteiger partial charge in [0, 0.05) is 58.0 Å². The lowest BCUT2D eigenvalue weighted by atomic mass is 10.2. The third-order valence-corrected chi connectivity index (χ3v) is 8.45. The van der Waals surface area contributed by atoms with Crippen molar-refractivity contribution in [2.45, 2.75) is 25.5 Å². The number of hydrogen-bond acceptors (Lipinski definition) is 5. The standard InChI is InChI=1S/C21H34FN5O2S.HI/c1-4-23-20(27-15-16-30(28,29)21(2,3)17-27)24-9-10-25-11-13-26(14-12-25)19-7-5-18(22)6-8-19;/h5-8H,4,9-17H2,1-3H3,(H,23,24);1H. The number of piperazine rings is 1. The molecule has 176 valence electrons. The molecule has 3 rings (SSSR count). The second kappa shape index (κ2) is 11.1. The molecule has 0 amide bonds. The van der Waals surface area contributed by atoms with Crippen LogP contribution in [0.5, 0.6) is 0 Å². The topological polar surface area (TPSA) is 68.2 Å². The van der Waals surface area contributed by atoms with Gasteiger partial charge in [0.15, 0.2) is 15.8 Å². The summed E-state index contributed by atoms with van der Waals surface area (Å²) in [7, 11) is -3.07. The van der Waals surface area contributed by atoms with Gasteiger partial charge < -0.3 is 15.1 Å². The van der Waals surface area contributed by atoms with E-state index in [4.69, 9.17) is 4.99 Å². The minimum absolute atomic E-state index is 0. The Hall–Kier alpha value is -1.14. The summed E-state index contributed by atoms with van der Waals surface area (Å²) in [6.07, 6.45) is 0. The van der Waals surface area contributed by atoms with E-state index in [1.807, 2.05) is 19.1 Å². The van der Waals surface area contributed by atoms with Gasteiger partial charge in [-0.3, -0.25) is 9.89 Å². The minimum Gasteiger partial charge on any atom is -0.369 e. The van der Waals surface area contributed by atoms with Gasteiger partial charge in [0.25, 0.3) is 0 Å². The Morgan fingerprint density at radius 1 is 1.13 bits per heavy atom. The highest BCUT2D eigenvalue weighted by atomic mass is 127. The van der Waals surface area contributed by atoms with E-state index in [0.29, 0.717) is 19.6 Å². The number of nitrogens with zero attached hydrogens (tertiary/aromatic N) is 4. The number of guanidine groups is 1. The molecule has 1 aromatic carbocycles. The van der Waals surface area contributed by atoms with Crippen molar-refractivity contribution in [2.75, 3.05) is 69.6 Å². The Morgan fingerprint density at radius 2 is 1.77 bits per heavy atom. The summed E-state index contributed by atoms with van der Waals surface area (Å²) in [6, 6.07) is 6.67. The van der Waals surface area contributed by atoms with Crippen LogP contribution in [-0.4, -0.2) is 93.6 Å². The van der Waals surface area contributed by atoms with Gasteiger partial charge in [0.1, 0.15) is 5.82 Å². The molecule has 0 saturated carbocycles. The fourth-order valence-electron chi connectivity index (χ4n) is 3.93. The van der Waals surface area contributed by atoms with Gasteiger partial charge in [0.2, 0.25) is 0 Å². The maximum atomic E-state index is 13.1. The maximum absolute atomic E-state index is 13.1. The summed E-state index contributed by atoms with van der Waals surface area (Å²) in [5, 5.41) is 3.31. The Labute approximate surface area is 203 Å². The zero-order valence-electron chi connectivity index (χ0n) is 18.7. The fraction of sp³-hybridized carbons (Fsp3) is 0.667. The van der Waals surface area contributed by atoms with E-state index in [1.165, 1.54) is 12.1 Å². The van der Waals surface area contributed by atoms with E-state index in [2.05, 4.69) is 20.0 Å². The molecule has 7 nitrogen and oxygen atoms in total. The molecule has 1 N–H and O–H groups in total. The highest BCUT2D eigenvalue weighted by molar-refractivity contribution is 14.0. The number of hydrogen-bond donors (Lipinski definition) is 1. The number of rotatable bonds is 5. The summed E-state index contributed by atoms with van der Waals surface area (Å²) < 4.78 is 36.9. The lowest BCUT2D eigenvalue weighted by Crippen LogP contribution is -2.57. The summed E-state index contributed by atoms with van der Waals surface area (Å²) in [4.78, 5) is 11.5. The number of benzene rings is 1. The quantitative estimate of drug-likeness (QED) is 0.334. The molecule has 0 radical (unpaired) electrons. The van der Waals surface area contributed by atoms with Crippen molar-refractivity contribution in [3.63, 3.8) is 0 Å². The van der Waals surface area contributed by atoms with E-state index in [1.54, 1.807) is 13.8 Å². The molecule has 10 heteroatoms. The minimum atomic E-state index is -3.07. The highest BCUT2D eigenvalue weighted by Crippen LogP contribution is 2.23. The average Bonchev–Trinajstić information content (AvgIpc) is 2.71. The van der Waals surface area contributed by atoms with Crippen LogP contribution in [0.3, 0.4) is 0 Å². The van der Waals surface area contributed by atoms with Crippen molar-refractivity contribution in [3.05, 3.63) is 30.1 Å². The molecule has 1 aromatic rings. The van der Waals surface area contributed by atoms with Crippen molar-refractivity contribution < 1.29 is 12.8 Å². The lowest BCUT2D eigenvalue weighted by Gasteiger charge is -2.39. The van der Waals surface area contributed by atoms with E-state index in [0.717, 1.165) is 50.9 Å². The molecule has 2 aliphatic heterocycles. The van der Waals surface area contributed by atoms with Gasteiger partial charge in [-0.1, -0.05) is 0 Å². The van der Waals surface area contributed by atoms with E-state index in [9.17, 15) is 12.8 Å². The van der Waals surface area contributed by atoms with Crippen LogP contribution in [0.4, 0.5) is 10.1 Å². The largest absolute Gasteiger partial charge is 0.369 e. The first-order valence-electron chi connectivity index (χ1n) is 10.7. The van der Waals surface area contributed by atoms with E-state index >= 15 is 0 Å². The summed E-state index contributed by atoms with van der Waals surface area (Å²) in [5.41, 5.74) is 1.06. The molecule has 2 fully saturated rings. The van der Waals surface area contributed by atoms with Crippen molar-refractivity contribution in [3.8, 4) is 0 Å². The van der Waals surface area contributed by atoms with Crippen LogP contribution in [0.1, 0.15) is 20.8 Å². The molecule has 31 heavy (non-hydrogen) atoms. The van der Waals surface area contributed by atoms with Crippen LogP contribution in [-0.2, 0) is 9.84 Å². The molecule has 0 unspecified atom stereocenters. The number of nitrogens with one attached hydrogen (secondary N) is 1. The third-order valence-electron chi connectivity index (χ3n) is 5.92. The van der Waals surface area contributed by atoms with Crippen LogP contribution < -0.4 is 10.2 Å². The van der Waals surface area contributed by atoms with Gasteiger partial charge in [-0.15, -0.1) is 24.0 Å². The normalized spacial score (nSPS) is 21.5. The van der Waals surface area contributed by atoms with Crippen molar-refractivity contribution in [2.24, 2.45) is 4.99 Å². The summed E-state index contributed by atoms with van der Waals surface area (Å²) in [6.45, 7) is 12.5. The van der Waals surface area contributed by atoms with Crippen molar-refractivity contribution in [1.82, 2.24) is 15.1 Å². The van der Waals surface area contributed by atoms with Crippen LogP contribution >= 0.6 is 24.0 Å². The second-order valence-electron chi connectivity index (χ2n) is 8.54. The Bertz CT molecular complexity index is 840. The molecule has 2 aliphatic rings. The Kier molecular flexibility index (Phi) is 9.38. The van der Waals surface area contributed by atoms with Gasteiger partial charge in [-0.2, -0.15) is 0 Å². The van der Waals surface area contributed by atoms with E-state index < -0.39 is 14.6 Å². The SMILES string of the molecule is CCNC(=NCCN1CCN(c2ccc(F)cc2)CC1)N1CCS(=O)(=O)C(C)(C)C1.I. The molecule has 2 heterocycles. The molecule has 0 aromatic heterocycles. The van der Waals surface area contributed by atoms with Crippen LogP contribution in [0.25, 0.3) is 0 Å². The van der Waals surface area contributed by atoms with Crippen LogP contribution in [0.15, 0.2) is 29.3 Å². The lowest BCUT2D eigenvalue weighted by molar-refractivity contribution is 0.264. The highest BCUT2D eigenvalue weighted by Gasteiger charge is 2.40. The van der Waals surface area contributed by atoms with Crippen LogP contribution in [0.2, 0.25) is 0 Å². The van der Waals surface area contributed by atoms with Gasteiger partial charge in [-0.25, -0.2) is 12.8 Å². The smallest absolute Gasteiger partial charge is 0.194 e. The first-order chi connectivity index (χ1) is 14.2. The van der Waals surface area contributed by atoms with Crippen LogP contribution in [0, 0.1) is 5.82 Å². The first kappa shape index (κ1) is 26.1. The molecule has 0 atom stereocenters. The average molecular weight is 568 g/mol. The summed E-state index contributed by atoms with van der Waals surface area (Å²) >= 11 is 0. The third kappa shape index (κ3) is 6.67. The number of halogens is 2. The predicted octanol–water partition coefficient (Wildman–Crippen LogP) is 2.04. The number of sulfone groups is 1. The Balaban J connectivity index is 0.00000341. The molecule has 2 saturated heterocycles. The van der Waals surface area contributed by atoms with Gasteiger partial charge in [0.05, 0.1) is 17.0 Å².